The maximum Gasteiger partial charge on any atom is 0.150 e. The van der Waals surface area contributed by atoms with Crippen LogP contribution in [0.1, 0.15) is 50.5 Å². The molecule has 1 aliphatic rings. The summed E-state index contributed by atoms with van der Waals surface area (Å²) in [5.41, 5.74) is 4.50. The number of pyridine rings is 1. The van der Waals surface area contributed by atoms with Gasteiger partial charge in [-0.3, -0.25) is 13.6 Å². The van der Waals surface area contributed by atoms with E-state index in [1.54, 1.807) is 7.11 Å². The fourth-order valence-electron chi connectivity index (χ4n) is 4.87. The molecule has 0 aromatic carbocycles. The lowest BCUT2D eigenvalue weighted by atomic mass is 9.81. The topological polar surface area (TPSA) is 48.1 Å². The van der Waals surface area contributed by atoms with Gasteiger partial charge in [0.25, 0.3) is 0 Å². The molecule has 3 aromatic rings. The molecule has 6 nitrogen and oxygen atoms in total. The van der Waals surface area contributed by atoms with Crippen LogP contribution < -0.4 is 0 Å². The lowest BCUT2D eigenvalue weighted by Crippen LogP contribution is -2.40. The maximum atomic E-state index is 5.33. The van der Waals surface area contributed by atoms with Crippen LogP contribution in [0.2, 0.25) is 0 Å². The van der Waals surface area contributed by atoms with Gasteiger partial charge >= 0.3 is 0 Å². The second-order valence-corrected chi connectivity index (χ2v) is 8.89. The van der Waals surface area contributed by atoms with Crippen molar-refractivity contribution in [1.29, 1.82) is 0 Å². The van der Waals surface area contributed by atoms with Gasteiger partial charge in [0.05, 0.1) is 12.8 Å². The highest BCUT2D eigenvalue weighted by molar-refractivity contribution is 7.78. The smallest absolute Gasteiger partial charge is 0.150 e. The summed E-state index contributed by atoms with van der Waals surface area (Å²) in [6, 6.07) is 3.01. The number of aromatic nitrogens is 4. The van der Waals surface area contributed by atoms with Crippen LogP contribution in [0.25, 0.3) is 22.2 Å². The summed E-state index contributed by atoms with van der Waals surface area (Å²) in [6.07, 6.45) is 14.2. The molecule has 0 N–H and O–H groups in total. The minimum absolute atomic E-state index is 0.578. The number of hydrogen-bond acceptors (Lipinski definition) is 5. The Morgan fingerprint density at radius 1 is 1.17 bits per heavy atom. The van der Waals surface area contributed by atoms with Crippen LogP contribution >= 0.6 is 12.8 Å². The fraction of sp³-hybridized carbons (Fsp3) is 0.565. The first kappa shape index (κ1) is 21.4. The van der Waals surface area contributed by atoms with Gasteiger partial charge in [-0.15, -0.1) is 0 Å². The number of aryl methyl sites for hydroxylation is 1. The van der Waals surface area contributed by atoms with Gasteiger partial charge in [-0.2, -0.15) is 5.10 Å². The largest absolute Gasteiger partial charge is 0.383 e. The Hall–Kier alpha value is -1.83. The number of ether oxygens (including phenoxy) is 1. The normalized spacial score (nSPS) is 19.8. The summed E-state index contributed by atoms with van der Waals surface area (Å²) in [6.45, 7) is 5.28. The molecule has 1 fully saturated rings. The number of thiol groups is 1. The van der Waals surface area contributed by atoms with E-state index in [1.165, 1.54) is 37.7 Å². The summed E-state index contributed by atoms with van der Waals surface area (Å²) in [5, 5.41) is 5.49. The highest BCUT2D eigenvalue weighted by Gasteiger charge is 2.27. The zero-order valence-electron chi connectivity index (χ0n) is 18.3. The molecule has 0 bridgehead atoms. The van der Waals surface area contributed by atoms with Crippen LogP contribution in [0, 0.1) is 0 Å². The van der Waals surface area contributed by atoms with Crippen molar-refractivity contribution in [1.82, 2.24) is 23.6 Å². The number of rotatable bonds is 8. The van der Waals surface area contributed by atoms with E-state index in [9.17, 15) is 0 Å². The SMILES string of the molecule is CCCN(CCOC)C1CCC(c2cnc3c(c2)c(-c2cnn(C)c2)cn3S)CC1. The highest BCUT2D eigenvalue weighted by Crippen LogP contribution is 2.37. The molecule has 4 rings (SSSR count). The lowest BCUT2D eigenvalue weighted by molar-refractivity contribution is 0.0990. The molecule has 3 aromatic heterocycles. The van der Waals surface area contributed by atoms with Gasteiger partial charge in [0.15, 0.2) is 0 Å². The van der Waals surface area contributed by atoms with Gasteiger partial charge in [0.2, 0.25) is 0 Å². The van der Waals surface area contributed by atoms with E-state index in [4.69, 9.17) is 9.72 Å². The third-order valence-electron chi connectivity index (χ3n) is 6.44. The van der Waals surface area contributed by atoms with E-state index in [0.717, 1.165) is 41.9 Å². The van der Waals surface area contributed by atoms with Crippen LogP contribution in [0.5, 0.6) is 0 Å². The van der Waals surface area contributed by atoms with Crippen molar-refractivity contribution < 1.29 is 4.74 Å². The Morgan fingerprint density at radius 3 is 2.63 bits per heavy atom. The second-order valence-electron chi connectivity index (χ2n) is 8.46. The monoisotopic (exact) mass is 427 g/mol. The number of fused-ring (bicyclic) bond motifs is 1. The zero-order chi connectivity index (χ0) is 21.1. The van der Waals surface area contributed by atoms with E-state index in [2.05, 4.69) is 42.0 Å². The third-order valence-corrected chi connectivity index (χ3v) is 6.75. The summed E-state index contributed by atoms with van der Waals surface area (Å²) >= 11 is 4.58. The molecule has 1 saturated carbocycles. The summed E-state index contributed by atoms with van der Waals surface area (Å²) < 4.78 is 8.98. The van der Waals surface area contributed by atoms with Crippen molar-refractivity contribution in [3.8, 4) is 11.1 Å². The number of nitrogens with zero attached hydrogens (tertiary/aromatic N) is 5. The van der Waals surface area contributed by atoms with Gasteiger partial charge in [0, 0.05) is 61.8 Å². The third kappa shape index (κ3) is 4.43. The van der Waals surface area contributed by atoms with E-state index in [1.807, 2.05) is 34.3 Å². The minimum Gasteiger partial charge on any atom is -0.383 e. The molecule has 0 saturated heterocycles. The van der Waals surface area contributed by atoms with Gasteiger partial charge in [0.1, 0.15) is 5.65 Å². The van der Waals surface area contributed by atoms with Gasteiger partial charge < -0.3 is 4.74 Å². The van der Waals surface area contributed by atoms with Crippen LogP contribution in [0.15, 0.2) is 30.9 Å². The summed E-state index contributed by atoms with van der Waals surface area (Å²) in [5.74, 6) is 0.578. The van der Waals surface area contributed by atoms with Crippen LogP contribution in [-0.2, 0) is 11.8 Å². The number of hydrogen-bond donors (Lipinski definition) is 1. The fourth-order valence-corrected chi connectivity index (χ4v) is 5.14. The zero-order valence-corrected chi connectivity index (χ0v) is 19.2. The standard InChI is InChI=1S/C23H33N5OS/c1-4-9-27(10-11-29-3)20-7-5-17(6-8-20)18-12-21-22(19-14-25-26(2)15-19)16-28(30)23(21)24-13-18/h12-17,20,30H,4-11H2,1-3H3. The molecule has 0 atom stereocenters. The predicted octanol–water partition coefficient (Wildman–Crippen LogP) is 4.51. The summed E-state index contributed by atoms with van der Waals surface area (Å²) in [7, 11) is 3.74. The lowest BCUT2D eigenvalue weighted by Gasteiger charge is -2.37. The molecule has 0 amide bonds. The predicted molar refractivity (Wildman–Crippen MR) is 125 cm³/mol. The first-order valence-electron chi connectivity index (χ1n) is 11.0. The Balaban J connectivity index is 1.52. The highest BCUT2D eigenvalue weighted by atomic mass is 32.1. The van der Waals surface area contributed by atoms with Crippen molar-refractivity contribution in [2.75, 3.05) is 26.8 Å². The minimum atomic E-state index is 0.578. The molecule has 162 valence electrons. The summed E-state index contributed by atoms with van der Waals surface area (Å²) in [4.78, 5) is 7.39. The first-order valence-corrected chi connectivity index (χ1v) is 11.4. The Kier molecular flexibility index (Phi) is 6.80. The van der Waals surface area contributed by atoms with Gasteiger partial charge in [-0.05, 0) is 56.2 Å². The number of methoxy groups -OCH3 is 1. The van der Waals surface area contributed by atoms with Crippen molar-refractivity contribution in [3.05, 3.63) is 36.4 Å². The van der Waals surface area contributed by atoms with Crippen LogP contribution in [-0.4, -0.2) is 56.5 Å². The second kappa shape index (κ2) is 9.54. The van der Waals surface area contributed by atoms with Crippen molar-refractivity contribution in [2.24, 2.45) is 7.05 Å². The van der Waals surface area contributed by atoms with Crippen molar-refractivity contribution in [3.63, 3.8) is 0 Å². The average Bonchev–Trinajstić information content (AvgIpc) is 3.34. The molecule has 7 heteroatoms. The van der Waals surface area contributed by atoms with E-state index >= 15 is 0 Å². The molecule has 0 radical (unpaired) electrons. The molecule has 3 heterocycles. The maximum absolute atomic E-state index is 5.33. The van der Waals surface area contributed by atoms with Crippen LogP contribution in [0.3, 0.4) is 0 Å². The van der Waals surface area contributed by atoms with E-state index in [0.29, 0.717) is 12.0 Å². The molecular weight excluding hydrogens is 394 g/mol. The molecule has 0 unspecified atom stereocenters. The van der Waals surface area contributed by atoms with Crippen molar-refractivity contribution in [2.45, 2.75) is 51.0 Å². The van der Waals surface area contributed by atoms with Crippen molar-refractivity contribution >= 4 is 23.8 Å². The molecular formula is C23H33N5OS. The quantitative estimate of drug-likeness (QED) is 0.537. The first-order chi connectivity index (χ1) is 14.6. The average molecular weight is 428 g/mol. The molecule has 30 heavy (non-hydrogen) atoms. The molecule has 0 aliphatic heterocycles. The Bertz CT molecular complexity index is 973. The molecule has 0 spiro atoms. The van der Waals surface area contributed by atoms with Gasteiger partial charge in [-0.25, -0.2) is 4.98 Å². The van der Waals surface area contributed by atoms with Gasteiger partial charge in [-0.1, -0.05) is 19.7 Å². The Labute approximate surface area is 184 Å². The Morgan fingerprint density at radius 2 is 1.97 bits per heavy atom. The van der Waals surface area contributed by atoms with Crippen LogP contribution in [0.4, 0.5) is 0 Å². The molecule has 1 aliphatic carbocycles. The van der Waals surface area contributed by atoms with E-state index in [-0.39, 0.29) is 0 Å². The van der Waals surface area contributed by atoms with E-state index < -0.39 is 0 Å².